The minimum Gasteiger partial charge on any atom is -0.478 e. The predicted octanol–water partition coefficient (Wildman–Crippen LogP) is 3.10. The van der Waals surface area contributed by atoms with Gasteiger partial charge in [-0.3, -0.25) is 4.90 Å². The molecule has 1 aromatic rings. The zero-order valence-electron chi connectivity index (χ0n) is 12.1. The van der Waals surface area contributed by atoms with E-state index in [1.54, 1.807) is 18.2 Å². The summed E-state index contributed by atoms with van der Waals surface area (Å²) in [4.78, 5) is 16.1. The molecule has 1 aromatic carbocycles. The zero-order valence-corrected chi connectivity index (χ0v) is 12.9. The minimum atomic E-state index is -0.889. The Labute approximate surface area is 130 Å². The Kier molecular flexibility index (Phi) is 4.36. The number of halogens is 1. The first-order valence-electron chi connectivity index (χ1n) is 7.67. The number of nitrogens with zero attached hydrogens (tertiary/aromatic N) is 2. The van der Waals surface area contributed by atoms with Crippen LogP contribution in [0.5, 0.6) is 0 Å². The lowest BCUT2D eigenvalue weighted by molar-refractivity contribution is 0.0697. The van der Waals surface area contributed by atoms with Crippen molar-refractivity contribution in [1.29, 1.82) is 0 Å². The van der Waals surface area contributed by atoms with E-state index < -0.39 is 5.97 Å². The standard InChI is InChI=1S/C16H21ClN2O2/c17-12-5-6-14(16(20)21)15(11-12)19-9-7-18(8-10-19)13-3-1-2-4-13/h5-6,11,13H,1-4,7-10H2,(H,20,21). The van der Waals surface area contributed by atoms with E-state index >= 15 is 0 Å². The lowest BCUT2D eigenvalue weighted by Crippen LogP contribution is -2.50. The second-order valence-electron chi connectivity index (χ2n) is 5.93. The van der Waals surface area contributed by atoms with Gasteiger partial charge in [0, 0.05) is 37.2 Å². The molecule has 0 radical (unpaired) electrons. The molecular formula is C16H21ClN2O2. The van der Waals surface area contributed by atoms with Crippen molar-refractivity contribution in [2.75, 3.05) is 31.1 Å². The molecule has 21 heavy (non-hydrogen) atoms. The summed E-state index contributed by atoms with van der Waals surface area (Å²) < 4.78 is 0. The Morgan fingerprint density at radius 3 is 2.43 bits per heavy atom. The van der Waals surface area contributed by atoms with Crippen molar-refractivity contribution in [3.63, 3.8) is 0 Å². The second-order valence-corrected chi connectivity index (χ2v) is 6.36. The molecule has 2 fully saturated rings. The third-order valence-corrected chi connectivity index (χ3v) is 4.92. The molecule has 1 aliphatic heterocycles. The van der Waals surface area contributed by atoms with Crippen LogP contribution >= 0.6 is 11.6 Å². The number of hydrogen-bond acceptors (Lipinski definition) is 3. The summed E-state index contributed by atoms with van der Waals surface area (Å²) in [7, 11) is 0. The Balaban J connectivity index is 1.71. The van der Waals surface area contributed by atoms with Gasteiger partial charge in [-0.05, 0) is 31.0 Å². The van der Waals surface area contributed by atoms with E-state index in [0.717, 1.165) is 37.9 Å². The second kappa shape index (κ2) is 6.24. The smallest absolute Gasteiger partial charge is 0.337 e. The molecule has 1 saturated heterocycles. The SMILES string of the molecule is O=C(O)c1ccc(Cl)cc1N1CCN(C2CCCC2)CC1. The summed E-state index contributed by atoms with van der Waals surface area (Å²) in [5.41, 5.74) is 1.09. The Morgan fingerprint density at radius 2 is 1.81 bits per heavy atom. The van der Waals surface area contributed by atoms with Gasteiger partial charge < -0.3 is 10.0 Å². The monoisotopic (exact) mass is 308 g/mol. The molecule has 1 N–H and O–H groups in total. The van der Waals surface area contributed by atoms with Crippen LogP contribution in [-0.4, -0.2) is 48.2 Å². The molecule has 0 spiro atoms. The maximum atomic E-state index is 11.4. The number of carboxylic acids is 1. The van der Waals surface area contributed by atoms with Gasteiger partial charge in [0.2, 0.25) is 0 Å². The maximum absolute atomic E-state index is 11.4. The van der Waals surface area contributed by atoms with Crippen molar-refractivity contribution in [3.05, 3.63) is 28.8 Å². The van der Waals surface area contributed by atoms with Gasteiger partial charge in [0.25, 0.3) is 0 Å². The summed E-state index contributed by atoms with van der Waals surface area (Å²) in [5.74, 6) is -0.889. The van der Waals surface area contributed by atoms with Gasteiger partial charge >= 0.3 is 5.97 Å². The molecule has 0 atom stereocenters. The quantitative estimate of drug-likeness (QED) is 0.932. The third kappa shape index (κ3) is 3.16. The van der Waals surface area contributed by atoms with Crippen molar-refractivity contribution in [3.8, 4) is 0 Å². The molecule has 1 saturated carbocycles. The van der Waals surface area contributed by atoms with E-state index in [4.69, 9.17) is 11.6 Å². The fourth-order valence-electron chi connectivity index (χ4n) is 3.54. The van der Waals surface area contributed by atoms with Crippen LogP contribution in [-0.2, 0) is 0 Å². The van der Waals surface area contributed by atoms with E-state index in [0.29, 0.717) is 10.6 Å². The molecule has 0 unspecified atom stereocenters. The lowest BCUT2D eigenvalue weighted by Gasteiger charge is -2.39. The van der Waals surface area contributed by atoms with Crippen LogP contribution in [0.15, 0.2) is 18.2 Å². The number of piperazine rings is 1. The third-order valence-electron chi connectivity index (χ3n) is 4.69. The highest BCUT2D eigenvalue weighted by molar-refractivity contribution is 6.31. The van der Waals surface area contributed by atoms with Crippen molar-refractivity contribution in [1.82, 2.24) is 4.90 Å². The van der Waals surface area contributed by atoms with Crippen LogP contribution in [0.1, 0.15) is 36.0 Å². The highest BCUT2D eigenvalue weighted by Crippen LogP contribution is 2.28. The maximum Gasteiger partial charge on any atom is 0.337 e. The highest BCUT2D eigenvalue weighted by Gasteiger charge is 2.27. The van der Waals surface area contributed by atoms with Gasteiger partial charge in [0.05, 0.1) is 11.3 Å². The van der Waals surface area contributed by atoms with E-state index in [-0.39, 0.29) is 0 Å². The van der Waals surface area contributed by atoms with Crippen molar-refractivity contribution >= 4 is 23.3 Å². The summed E-state index contributed by atoms with van der Waals surface area (Å²) in [6.45, 7) is 3.76. The Bertz CT molecular complexity index is 521. The number of carboxylic acid groups (broad SMARTS) is 1. The molecule has 3 rings (SSSR count). The average Bonchev–Trinajstić information content (AvgIpc) is 3.01. The van der Waals surface area contributed by atoms with Gasteiger partial charge in [0.15, 0.2) is 0 Å². The predicted molar refractivity (Wildman–Crippen MR) is 84.5 cm³/mol. The number of anilines is 1. The largest absolute Gasteiger partial charge is 0.478 e. The van der Waals surface area contributed by atoms with Crippen molar-refractivity contribution < 1.29 is 9.90 Å². The van der Waals surface area contributed by atoms with E-state index in [2.05, 4.69) is 9.80 Å². The van der Waals surface area contributed by atoms with Crippen LogP contribution in [0.4, 0.5) is 5.69 Å². The van der Waals surface area contributed by atoms with Gasteiger partial charge in [0.1, 0.15) is 0 Å². The summed E-state index contributed by atoms with van der Waals surface area (Å²) >= 11 is 6.04. The van der Waals surface area contributed by atoms with Crippen LogP contribution in [0, 0.1) is 0 Å². The van der Waals surface area contributed by atoms with E-state index in [1.807, 2.05) is 0 Å². The van der Waals surface area contributed by atoms with Gasteiger partial charge in [-0.2, -0.15) is 0 Å². The molecule has 114 valence electrons. The number of carbonyl (C=O) groups is 1. The molecular weight excluding hydrogens is 288 g/mol. The van der Waals surface area contributed by atoms with E-state index in [9.17, 15) is 9.90 Å². The Morgan fingerprint density at radius 1 is 1.14 bits per heavy atom. The lowest BCUT2D eigenvalue weighted by atomic mass is 10.1. The summed E-state index contributed by atoms with van der Waals surface area (Å²) in [6, 6.07) is 5.76. The van der Waals surface area contributed by atoms with Crippen LogP contribution in [0.2, 0.25) is 5.02 Å². The molecule has 0 amide bonds. The molecule has 1 heterocycles. The van der Waals surface area contributed by atoms with Crippen LogP contribution in [0.25, 0.3) is 0 Å². The molecule has 5 heteroatoms. The van der Waals surface area contributed by atoms with Gasteiger partial charge in [-0.1, -0.05) is 24.4 Å². The normalized spacial score (nSPS) is 20.9. The van der Waals surface area contributed by atoms with Crippen LogP contribution < -0.4 is 4.90 Å². The van der Waals surface area contributed by atoms with Gasteiger partial charge in [-0.15, -0.1) is 0 Å². The molecule has 2 aliphatic rings. The average molecular weight is 309 g/mol. The molecule has 1 aliphatic carbocycles. The Hall–Kier alpha value is -1.26. The topological polar surface area (TPSA) is 43.8 Å². The van der Waals surface area contributed by atoms with Crippen molar-refractivity contribution in [2.45, 2.75) is 31.7 Å². The molecule has 0 aromatic heterocycles. The minimum absolute atomic E-state index is 0.341. The first-order chi connectivity index (χ1) is 10.1. The van der Waals surface area contributed by atoms with E-state index in [1.165, 1.54) is 25.7 Å². The van der Waals surface area contributed by atoms with Crippen molar-refractivity contribution in [2.24, 2.45) is 0 Å². The molecule has 4 nitrogen and oxygen atoms in total. The first-order valence-corrected chi connectivity index (χ1v) is 8.05. The summed E-state index contributed by atoms with van der Waals surface area (Å²) in [6.07, 6.45) is 5.33. The molecule has 0 bridgehead atoms. The number of benzene rings is 1. The van der Waals surface area contributed by atoms with Crippen LogP contribution in [0.3, 0.4) is 0 Å². The number of rotatable bonds is 3. The first kappa shape index (κ1) is 14.7. The van der Waals surface area contributed by atoms with Gasteiger partial charge in [-0.25, -0.2) is 4.79 Å². The number of hydrogen-bond donors (Lipinski definition) is 1. The fourth-order valence-corrected chi connectivity index (χ4v) is 3.71. The fraction of sp³-hybridized carbons (Fsp3) is 0.562. The zero-order chi connectivity index (χ0) is 14.8. The number of aromatic carboxylic acids is 1. The summed E-state index contributed by atoms with van der Waals surface area (Å²) in [5, 5.41) is 9.92. The highest BCUT2D eigenvalue weighted by atomic mass is 35.5.